The van der Waals surface area contributed by atoms with E-state index in [9.17, 15) is 17.6 Å². The molecule has 0 fully saturated rings. The number of carbonyl (C=O) groups excluding carboxylic acids is 1. The van der Waals surface area contributed by atoms with Gasteiger partial charge in [0, 0.05) is 36.0 Å². The molecular formula is C18H15FN2O4S. The zero-order chi connectivity index (χ0) is 18.3. The maximum absolute atomic E-state index is 13.9. The summed E-state index contributed by atoms with van der Waals surface area (Å²) in [7, 11) is -3.91. The van der Waals surface area contributed by atoms with E-state index in [1.165, 1.54) is 12.1 Å². The largest absolute Gasteiger partial charge is 0.382 e. The fourth-order valence-electron chi connectivity index (χ4n) is 3.02. The van der Waals surface area contributed by atoms with Crippen molar-refractivity contribution in [2.24, 2.45) is 0 Å². The van der Waals surface area contributed by atoms with Crippen LogP contribution in [-0.4, -0.2) is 25.8 Å². The van der Waals surface area contributed by atoms with E-state index in [0.29, 0.717) is 28.8 Å². The molecule has 2 aliphatic rings. The molecule has 2 aromatic carbocycles. The number of hydrogen-bond acceptors (Lipinski definition) is 4. The Balaban J connectivity index is 1.71. The number of carbonyl (C=O) groups is 1. The van der Waals surface area contributed by atoms with E-state index in [1.54, 1.807) is 35.4 Å². The van der Waals surface area contributed by atoms with E-state index >= 15 is 0 Å². The third-order valence-corrected chi connectivity index (χ3v) is 5.17. The zero-order valence-corrected chi connectivity index (χ0v) is 14.4. The molecule has 134 valence electrons. The maximum Gasteiger partial charge on any atom is 0.382 e. The van der Waals surface area contributed by atoms with E-state index in [4.69, 9.17) is 4.18 Å². The van der Waals surface area contributed by atoms with E-state index in [0.717, 1.165) is 6.42 Å². The van der Waals surface area contributed by atoms with Gasteiger partial charge < -0.3 is 9.08 Å². The summed E-state index contributed by atoms with van der Waals surface area (Å²) in [6, 6.07) is 9.03. The summed E-state index contributed by atoms with van der Waals surface area (Å²) in [5.41, 5.74) is 1.80. The van der Waals surface area contributed by atoms with Crippen molar-refractivity contribution in [2.75, 3.05) is 6.54 Å². The molecule has 0 aromatic heterocycles. The number of hydrogen-bond donors (Lipinski definition) is 1. The van der Waals surface area contributed by atoms with Crippen molar-refractivity contribution in [3.63, 3.8) is 0 Å². The van der Waals surface area contributed by atoms with Crippen LogP contribution in [0.15, 0.2) is 48.7 Å². The summed E-state index contributed by atoms with van der Waals surface area (Å²) in [5.74, 6) is -0.507. The molecule has 4 rings (SSSR count). The van der Waals surface area contributed by atoms with Gasteiger partial charge in [-0.15, -0.1) is 0 Å². The smallest absolute Gasteiger partial charge is 0.370 e. The molecule has 0 bridgehead atoms. The van der Waals surface area contributed by atoms with Crippen LogP contribution in [0.1, 0.15) is 22.3 Å². The highest BCUT2D eigenvalue weighted by Gasteiger charge is 2.26. The molecular weight excluding hydrogens is 359 g/mol. The molecule has 0 unspecified atom stereocenters. The molecule has 0 saturated carbocycles. The van der Waals surface area contributed by atoms with Gasteiger partial charge in [-0.3, -0.25) is 4.79 Å². The number of amides is 1. The van der Waals surface area contributed by atoms with Gasteiger partial charge in [0.05, 0.1) is 0 Å². The van der Waals surface area contributed by atoms with Crippen LogP contribution in [0, 0.1) is 5.82 Å². The SMILES string of the molecule is O=C(c1ccc(-c2cc(F)cc3c2OS(=O)(=O)NC3)cc1)N1C=CCC1. The standard InChI is InChI=1S/C18H15FN2O4S/c19-15-9-14-11-20-26(23,24)25-17(14)16(10-15)12-3-5-13(6-4-12)18(22)21-7-1-2-8-21/h1,3-7,9-10,20H,2,8,11H2. The number of rotatable bonds is 2. The zero-order valence-electron chi connectivity index (χ0n) is 13.6. The first-order chi connectivity index (χ1) is 12.4. The summed E-state index contributed by atoms with van der Waals surface area (Å²) < 4.78 is 44.6. The number of halogens is 1. The predicted molar refractivity (Wildman–Crippen MR) is 93.0 cm³/mol. The molecule has 0 saturated heterocycles. The Morgan fingerprint density at radius 1 is 1.19 bits per heavy atom. The van der Waals surface area contributed by atoms with Crippen molar-refractivity contribution in [3.8, 4) is 16.9 Å². The lowest BCUT2D eigenvalue weighted by Crippen LogP contribution is -2.32. The minimum Gasteiger partial charge on any atom is -0.370 e. The maximum atomic E-state index is 13.9. The fourth-order valence-corrected chi connectivity index (χ4v) is 3.82. The molecule has 0 radical (unpaired) electrons. The Labute approximate surface area is 150 Å². The van der Waals surface area contributed by atoms with Gasteiger partial charge in [-0.05, 0) is 36.2 Å². The first kappa shape index (κ1) is 16.7. The number of benzene rings is 2. The minimum atomic E-state index is -3.91. The first-order valence-corrected chi connectivity index (χ1v) is 9.43. The summed E-state index contributed by atoms with van der Waals surface area (Å²) >= 11 is 0. The van der Waals surface area contributed by atoms with Crippen LogP contribution >= 0.6 is 0 Å². The molecule has 1 N–H and O–H groups in total. The Hall–Kier alpha value is -2.71. The second-order valence-electron chi connectivity index (χ2n) is 6.05. The first-order valence-electron chi connectivity index (χ1n) is 8.02. The molecule has 2 heterocycles. The van der Waals surface area contributed by atoms with E-state index in [1.807, 2.05) is 6.08 Å². The van der Waals surface area contributed by atoms with Crippen molar-refractivity contribution >= 4 is 16.2 Å². The summed E-state index contributed by atoms with van der Waals surface area (Å²) in [4.78, 5) is 14.0. The number of nitrogens with one attached hydrogen (secondary N) is 1. The molecule has 26 heavy (non-hydrogen) atoms. The monoisotopic (exact) mass is 374 g/mol. The Kier molecular flexibility index (Phi) is 4.01. The van der Waals surface area contributed by atoms with E-state index < -0.39 is 16.1 Å². The van der Waals surface area contributed by atoms with Gasteiger partial charge in [0.15, 0.2) is 5.75 Å². The molecule has 0 aliphatic carbocycles. The van der Waals surface area contributed by atoms with Gasteiger partial charge in [-0.25, -0.2) is 4.39 Å². The molecule has 8 heteroatoms. The molecule has 2 aromatic rings. The Bertz CT molecular complexity index is 1020. The van der Waals surface area contributed by atoms with Crippen LogP contribution in [0.2, 0.25) is 0 Å². The highest BCUT2D eigenvalue weighted by molar-refractivity contribution is 7.85. The quantitative estimate of drug-likeness (QED) is 0.877. The molecule has 2 aliphatic heterocycles. The topological polar surface area (TPSA) is 75.7 Å². The van der Waals surface area contributed by atoms with Crippen LogP contribution in [0.5, 0.6) is 5.75 Å². The highest BCUT2D eigenvalue weighted by Crippen LogP contribution is 2.37. The molecule has 0 atom stereocenters. The third kappa shape index (κ3) is 3.09. The summed E-state index contributed by atoms with van der Waals surface area (Å²) in [5, 5.41) is 0. The lowest BCUT2D eigenvalue weighted by atomic mass is 9.99. The van der Waals surface area contributed by atoms with Gasteiger partial charge in [-0.1, -0.05) is 18.2 Å². The van der Waals surface area contributed by atoms with Gasteiger partial charge in [0.2, 0.25) is 0 Å². The predicted octanol–water partition coefficient (Wildman–Crippen LogP) is 2.58. The van der Waals surface area contributed by atoms with Gasteiger partial charge in [0.25, 0.3) is 5.91 Å². The summed E-state index contributed by atoms with van der Waals surface area (Å²) in [6.07, 6.45) is 4.51. The Morgan fingerprint density at radius 2 is 1.96 bits per heavy atom. The Morgan fingerprint density at radius 3 is 2.65 bits per heavy atom. The average Bonchev–Trinajstić information content (AvgIpc) is 3.15. The van der Waals surface area contributed by atoms with Crippen molar-refractivity contribution in [1.29, 1.82) is 0 Å². The summed E-state index contributed by atoms with van der Waals surface area (Å²) in [6.45, 7) is 0.608. The molecule has 1 amide bonds. The molecule has 6 nitrogen and oxygen atoms in total. The van der Waals surface area contributed by atoms with Crippen molar-refractivity contribution in [3.05, 3.63) is 65.6 Å². The van der Waals surface area contributed by atoms with Crippen LogP contribution < -0.4 is 8.91 Å². The van der Waals surface area contributed by atoms with Gasteiger partial charge in [-0.2, -0.15) is 13.1 Å². The van der Waals surface area contributed by atoms with Crippen LogP contribution in [-0.2, 0) is 16.8 Å². The fraction of sp³-hybridized carbons (Fsp3) is 0.167. The van der Waals surface area contributed by atoms with E-state index in [-0.39, 0.29) is 18.2 Å². The molecule has 0 spiro atoms. The average molecular weight is 374 g/mol. The van der Waals surface area contributed by atoms with Crippen LogP contribution in [0.4, 0.5) is 4.39 Å². The van der Waals surface area contributed by atoms with Crippen LogP contribution in [0.25, 0.3) is 11.1 Å². The third-order valence-electron chi connectivity index (χ3n) is 4.29. The van der Waals surface area contributed by atoms with Crippen molar-refractivity contribution < 1.29 is 21.8 Å². The van der Waals surface area contributed by atoms with Crippen molar-refractivity contribution in [2.45, 2.75) is 13.0 Å². The highest BCUT2D eigenvalue weighted by atomic mass is 32.2. The van der Waals surface area contributed by atoms with Gasteiger partial charge >= 0.3 is 10.3 Å². The minimum absolute atomic E-state index is 0.0414. The second kappa shape index (κ2) is 6.22. The van der Waals surface area contributed by atoms with Crippen molar-refractivity contribution in [1.82, 2.24) is 9.62 Å². The number of nitrogens with zero attached hydrogens (tertiary/aromatic N) is 1. The lowest BCUT2D eigenvalue weighted by molar-refractivity contribution is 0.0833. The lowest BCUT2D eigenvalue weighted by Gasteiger charge is -2.21. The van der Waals surface area contributed by atoms with E-state index in [2.05, 4.69) is 4.72 Å². The van der Waals surface area contributed by atoms with Crippen LogP contribution in [0.3, 0.4) is 0 Å². The van der Waals surface area contributed by atoms with Gasteiger partial charge in [0.1, 0.15) is 5.82 Å². The number of fused-ring (bicyclic) bond motifs is 1. The second-order valence-corrected chi connectivity index (χ2v) is 7.41. The normalized spacial score (nSPS) is 17.7.